The van der Waals surface area contributed by atoms with Crippen molar-refractivity contribution in [1.29, 1.82) is 0 Å². The molecule has 0 fully saturated rings. The molecule has 0 aromatic rings. The molecule has 0 aliphatic heterocycles. The molecule has 1 atom stereocenters. The third-order valence-corrected chi connectivity index (χ3v) is 2.78. The molecule has 13 heavy (non-hydrogen) atoms. The van der Waals surface area contributed by atoms with Crippen molar-refractivity contribution in [2.45, 2.75) is 52.9 Å². The number of rotatable bonds is 7. The lowest BCUT2D eigenvalue weighted by atomic mass is 10.0. The van der Waals surface area contributed by atoms with Gasteiger partial charge in [-0.3, -0.25) is 4.79 Å². The molecule has 0 bridgehead atoms. The minimum Gasteiger partial charge on any atom is -0.287 e. The number of hydrogen-bond acceptors (Lipinski definition) is 1. The van der Waals surface area contributed by atoms with Crippen LogP contribution in [0.1, 0.15) is 52.9 Å². The zero-order chi connectivity index (χ0) is 10.3. The summed E-state index contributed by atoms with van der Waals surface area (Å²) in [5.74, 6) is 0.950. The summed E-state index contributed by atoms with van der Waals surface area (Å²) in [6.45, 7) is 6.46. The fourth-order valence-corrected chi connectivity index (χ4v) is 1.43. The summed E-state index contributed by atoms with van der Waals surface area (Å²) >= 11 is 3.81. The first-order chi connectivity index (χ1) is 6.04. The average molecular weight is 202 g/mol. The molecule has 0 aliphatic carbocycles. The smallest absolute Gasteiger partial charge is 0.188 e. The van der Waals surface area contributed by atoms with Crippen LogP contribution in [0.2, 0.25) is 0 Å². The Balaban J connectivity index is 3.21. The van der Waals surface area contributed by atoms with Crippen LogP contribution in [0.15, 0.2) is 0 Å². The van der Waals surface area contributed by atoms with E-state index in [-0.39, 0.29) is 11.0 Å². The predicted molar refractivity (Wildman–Crippen MR) is 61.1 cm³/mol. The Labute approximate surface area is 87.7 Å². The normalized spacial score (nSPS) is 13.3. The molecule has 0 aromatic heterocycles. The second-order valence-electron chi connectivity index (χ2n) is 4.27. The minimum atomic E-state index is 0.0314. The van der Waals surface area contributed by atoms with Gasteiger partial charge in [-0.1, -0.05) is 46.5 Å². The second-order valence-corrected chi connectivity index (χ2v) is 4.71. The summed E-state index contributed by atoms with van der Waals surface area (Å²) in [6, 6.07) is 0. The molecule has 0 saturated heterocycles. The highest BCUT2D eigenvalue weighted by atomic mass is 32.1. The van der Waals surface area contributed by atoms with Gasteiger partial charge < -0.3 is 0 Å². The summed E-state index contributed by atoms with van der Waals surface area (Å²) in [4.78, 5) is 10.8. The van der Waals surface area contributed by atoms with E-state index in [1.165, 1.54) is 25.7 Å². The van der Waals surface area contributed by atoms with Gasteiger partial charge in [-0.15, -0.1) is 12.6 Å². The van der Waals surface area contributed by atoms with Crippen LogP contribution in [-0.4, -0.2) is 5.12 Å². The summed E-state index contributed by atoms with van der Waals surface area (Å²) in [5.41, 5.74) is 0. The van der Waals surface area contributed by atoms with Crippen LogP contribution in [-0.2, 0) is 4.79 Å². The molecule has 78 valence electrons. The molecule has 0 heterocycles. The lowest BCUT2D eigenvalue weighted by molar-refractivity contribution is -0.113. The maximum atomic E-state index is 10.8. The van der Waals surface area contributed by atoms with Crippen molar-refractivity contribution in [3.8, 4) is 0 Å². The van der Waals surface area contributed by atoms with Crippen LogP contribution in [0, 0.1) is 11.8 Å². The van der Waals surface area contributed by atoms with Crippen molar-refractivity contribution in [3.05, 3.63) is 0 Å². The second kappa shape index (κ2) is 7.43. The number of carbonyl (C=O) groups excluding carboxylic acids is 1. The van der Waals surface area contributed by atoms with E-state index in [2.05, 4.69) is 26.5 Å². The summed E-state index contributed by atoms with van der Waals surface area (Å²) in [6.07, 6.45) is 6.03. The summed E-state index contributed by atoms with van der Waals surface area (Å²) in [7, 11) is 0. The fraction of sp³-hybridized carbons (Fsp3) is 0.909. The Hall–Kier alpha value is 0.0200. The molecule has 1 nitrogen and oxygen atoms in total. The van der Waals surface area contributed by atoms with Crippen LogP contribution in [0.4, 0.5) is 0 Å². The zero-order valence-electron chi connectivity index (χ0n) is 9.05. The van der Waals surface area contributed by atoms with Gasteiger partial charge in [0.05, 0.1) is 0 Å². The first kappa shape index (κ1) is 13.0. The maximum absolute atomic E-state index is 10.8. The molecular weight excluding hydrogens is 180 g/mol. The number of unbranched alkanes of at least 4 members (excludes halogenated alkanes) is 2. The van der Waals surface area contributed by atoms with Gasteiger partial charge in [0.1, 0.15) is 0 Å². The van der Waals surface area contributed by atoms with E-state index >= 15 is 0 Å². The predicted octanol–water partition coefficient (Wildman–Crippen LogP) is 3.69. The van der Waals surface area contributed by atoms with Gasteiger partial charge in [0, 0.05) is 5.92 Å². The topological polar surface area (TPSA) is 17.1 Å². The van der Waals surface area contributed by atoms with Crippen molar-refractivity contribution >= 4 is 17.7 Å². The van der Waals surface area contributed by atoms with E-state index in [1.54, 1.807) is 0 Å². The third kappa shape index (κ3) is 8.35. The Morgan fingerprint density at radius 2 is 1.62 bits per heavy atom. The van der Waals surface area contributed by atoms with E-state index in [9.17, 15) is 4.79 Å². The van der Waals surface area contributed by atoms with Crippen molar-refractivity contribution in [2.24, 2.45) is 11.8 Å². The highest BCUT2D eigenvalue weighted by molar-refractivity contribution is 7.96. The van der Waals surface area contributed by atoms with E-state index in [1.807, 2.05) is 6.92 Å². The zero-order valence-corrected chi connectivity index (χ0v) is 9.94. The van der Waals surface area contributed by atoms with Gasteiger partial charge in [0.2, 0.25) is 0 Å². The van der Waals surface area contributed by atoms with Gasteiger partial charge in [0.15, 0.2) is 5.12 Å². The standard InChI is InChI=1S/C11H22OS/c1-9(2)7-5-4-6-8-10(3)11(12)13/h9-10H,4-8H2,1-3H3,(H,12,13). The third-order valence-electron chi connectivity index (χ3n) is 2.34. The van der Waals surface area contributed by atoms with E-state index < -0.39 is 0 Å². The first-order valence-corrected chi connectivity index (χ1v) is 5.71. The van der Waals surface area contributed by atoms with Gasteiger partial charge in [-0.05, 0) is 12.3 Å². The van der Waals surface area contributed by atoms with Gasteiger partial charge >= 0.3 is 0 Å². The molecule has 0 aliphatic rings. The molecule has 1 unspecified atom stereocenters. The molecular formula is C11H22OS. The van der Waals surface area contributed by atoms with Crippen LogP contribution in [0.5, 0.6) is 0 Å². The Kier molecular flexibility index (Phi) is 7.44. The van der Waals surface area contributed by atoms with Crippen molar-refractivity contribution in [3.63, 3.8) is 0 Å². The van der Waals surface area contributed by atoms with Crippen molar-refractivity contribution in [2.75, 3.05) is 0 Å². The van der Waals surface area contributed by atoms with Crippen LogP contribution in [0.25, 0.3) is 0 Å². The van der Waals surface area contributed by atoms with Crippen LogP contribution < -0.4 is 0 Å². The lowest BCUT2D eigenvalue weighted by Gasteiger charge is -2.07. The van der Waals surface area contributed by atoms with Crippen molar-refractivity contribution in [1.82, 2.24) is 0 Å². The minimum absolute atomic E-state index is 0.0314. The molecule has 0 N–H and O–H groups in total. The fourth-order valence-electron chi connectivity index (χ4n) is 1.30. The Bertz CT molecular complexity index is 143. The van der Waals surface area contributed by atoms with Crippen LogP contribution in [0.3, 0.4) is 0 Å². The Morgan fingerprint density at radius 3 is 2.08 bits per heavy atom. The lowest BCUT2D eigenvalue weighted by Crippen LogP contribution is -2.03. The summed E-state index contributed by atoms with van der Waals surface area (Å²) in [5, 5.41) is 0.0314. The molecule has 2 heteroatoms. The molecule has 0 rings (SSSR count). The molecule has 0 radical (unpaired) electrons. The highest BCUT2D eigenvalue weighted by Gasteiger charge is 2.07. The SMILES string of the molecule is CC(C)CCCCCC(C)C(=O)S. The quantitative estimate of drug-likeness (QED) is 0.492. The van der Waals surface area contributed by atoms with E-state index in [4.69, 9.17) is 0 Å². The number of hydrogen-bond donors (Lipinski definition) is 1. The van der Waals surface area contributed by atoms with E-state index in [0.29, 0.717) is 0 Å². The molecule has 0 saturated carbocycles. The Morgan fingerprint density at radius 1 is 1.08 bits per heavy atom. The maximum Gasteiger partial charge on any atom is 0.188 e. The van der Waals surface area contributed by atoms with Crippen LogP contribution >= 0.6 is 12.6 Å². The first-order valence-electron chi connectivity index (χ1n) is 5.26. The van der Waals surface area contributed by atoms with Crippen molar-refractivity contribution < 1.29 is 4.79 Å². The monoisotopic (exact) mass is 202 g/mol. The number of carbonyl (C=O) groups is 1. The summed E-state index contributed by atoms with van der Waals surface area (Å²) < 4.78 is 0. The number of thiol groups is 1. The van der Waals surface area contributed by atoms with Gasteiger partial charge in [-0.25, -0.2) is 0 Å². The van der Waals surface area contributed by atoms with Gasteiger partial charge in [-0.2, -0.15) is 0 Å². The molecule has 0 spiro atoms. The highest BCUT2D eigenvalue weighted by Crippen LogP contribution is 2.14. The average Bonchev–Trinajstić information content (AvgIpc) is 2.02. The molecule has 0 amide bonds. The molecule has 0 aromatic carbocycles. The van der Waals surface area contributed by atoms with Gasteiger partial charge in [0.25, 0.3) is 0 Å². The van der Waals surface area contributed by atoms with E-state index in [0.717, 1.165) is 12.3 Å². The largest absolute Gasteiger partial charge is 0.287 e.